The smallest absolute Gasteiger partial charge is 0.302 e. The fourth-order valence-electron chi connectivity index (χ4n) is 2.19. The van der Waals surface area contributed by atoms with Crippen LogP contribution in [0.25, 0.3) is 0 Å². The lowest BCUT2D eigenvalue weighted by Gasteiger charge is -2.13. The van der Waals surface area contributed by atoms with Crippen molar-refractivity contribution in [1.29, 1.82) is 0 Å². The van der Waals surface area contributed by atoms with E-state index in [9.17, 15) is 14.9 Å². The molecule has 0 aromatic heterocycles. The van der Waals surface area contributed by atoms with Crippen LogP contribution in [0.1, 0.15) is 20.3 Å². The number of nitrogens with zero attached hydrogens (tertiary/aromatic N) is 3. The average Bonchev–Trinajstić information content (AvgIpc) is 2.69. The van der Waals surface area contributed by atoms with Crippen molar-refractivity contribution in [1.82, 2.24) is 0 Å². The van der Waals surface area contributed by atoms with E-state index in [0.29, 0.717) is 35.2 Å². The lowest BCUT2D eigenvalue weighted by atomic mass is 10.2. The Kier molecular flexibility index (Phi) is 7.89. The van der Waals surface area contributed by atoms with Crippen molar-refractivity contribution in [2.75, 3.05) is 25.6 Å². The summed E-state index contributed by atoms with van der Waals surface area (Å²) in [6.07, 6.45) is 0.791. The number of esters is 1. The number of nitrogens with two attached hydrogens (primary N) is 1. The third-order valence-corrected chi connectivity index (χ3v) is 3.53. The van der Waals surface area contributed by atoms with Gasteiger partial charge in [0.1, 0.15) is 30.4 Å². The van der Waals surface area contributed by atoms with Gasteiger partial charge in [0.15, 0.2) is 0 Å². The van der Waals surface area contributed by atoms with Gasteiger partial charge in [-0.05, 0) is 18.6 Å². The highest BCUT2D eigenvalue weighted by molar-refractivity contribution is 5.67. The Morgan fingerprint density at radius 2 is 1.76 bits per heavy atom. The van der Waals surface area contributed by atoms with Crippen LogP contribution in [0.3, 0.4) is 0 Å². The van der Waals surface area contributed by atoms with Gasteiger partial charge in [-0.1, -0.05) is 6.92 Å². The summed E-state index contributed by atoms with van der Waals surface area (Å²) in [5, 5.41) is 19.0. The van der Waals surface area contributed by atoms with E-state index in [1.54, 1.807) is 12.1 Å². The monoisotopic (exact) mass is 402 g/mol. The first-order valence-electron chi connectivity index (χ1n) is 8.89. The highest BCUT2D eigenvalue weighted by Gasteiger charge is 2.11. The summed E-state index contributed by atoms with van der Waals surface area (Å²) >= 11 is 0. The normalized spacial score (nSPS) is 10.7. The Morgan fingerprint density at radius 3 is 2.38 bits per heavy atom. The number of carbonyl (C=O) groups is 1. The summed E-state index contributed by atoms with van der Waals surface area (Å²) in [5.41, 5.74) is 7.13. The predicted molar refractivity (Wildman–Crippen MR) is 106 cm³/mol. The molecule has 2 aromatic rings. The predicted octanol–water partition coefficient (Wildman–Crippen LogP) is 4.32. The quantitative estimate of drug-likeness (QED) is 0.156. The molecule has 0 spiro atoms. The Hall–Kier alpha value is -3.69. The van der Waals surface area contributed by atoms with Crippen LogP contribution < -0.4 is 15.2 Å². The average molecular weight is 402 g/mol. The molecule has 0 radical (unpaired) electrons. The van der Waals surface area contributed by atoms with Gasteiger partial charge in [-0.3, -0.25) is 14.9 Å². The molecule has 10 nitrogen and oxygen atoms in total. The minimum absolute atomic E-state index is 0.0353. The van der Waals surface area contributed by atoms with Gasteiger partial charge in [0, 0.05) is 31.2 Å². The maximum atomic E-state index is 10.8. The van der Waals surface area contributed by atoms with Crippen LogP contribution in [0, 0.1) is 10.1 Å². The Bertz CT molecular complexity index is 883. The highest BCUT2D eigenvalue weighted by atomic mass is 16.6. The maximum Gasteiger partial charge on any atom is 0.302 e. The van der Waals surface area contributed by atoms with Crippen molar-refractivity contribution in [3.05, 3.63) is 46.5 Å². The number of hydrogen-bond donors (Lipinski definition) is 1. The summed E-state index contributed by atoms with van der Waals surface area (Å²) < 4.78 is 16.0. The molecule has 0 atom stereocenters. The number of carbonyl (C=O) groups excluding carboxylic acids is 1. The van der Waals surface area contributed by atoms with Crippen molar-refractivity contribution in [2.45, 2.75) is 20.3 Å². The zero-order chi connectivity index (χ0) is 21.2. The molecule has 0 bridgehead atoms. The molecule has 2 aromatic carbocycles. The van der Waals surface area contributed by atoms with Crippen LogP contribution >= 0.6 is 0 Å². The molecule has 0 unspecified atom stereocenters. The maximum absolute atomic E-state index is 10.8. The Balaban J connectivity index is 2.22. The second kappa shape index (κ2) is 10.6. The summed E-state index contributed by atoms with van der Waals surface area (Å²) in [7, 11) is 0. The van der Waals surface area contributed by atoms with Crippen LogP contribution in [-0.4, -0.2) is 30.7 Å². The summed E-state index contributed by atoms with van der Waals surface area (Å²) in [4.78, 5) is 21.1. The van der Waals surface area contributed by atoms with Gasteiger partial charge < -0.3 is 19.9 Å². The van der Waals surface area contributed by atoms with Crippen LogP contribution in [0.5, 0.6) is 11.5 Å². The molecule has 2 rings (SSSR count). The van der Waals surface area contributed by atoms with Gasteiger partial charge in [-0.15, -0.1) is 5.11 Å². The first-order chi connectivity index (χ1) is 13.9. The number of ether oxygens (including phenoxy) is 3. The molecule has 0 aliphatic heterocycles. The van der Waals surface area contributed by atoms with Crippen molar-refractivity contribution in [3.8, 4) is 11.5 Å². The molecule has 0 heterocycles. The number of nitro groups is 1. The summed E-state index contributed by atoms with van der Waals surface area (Å²) in [6.45, 7) is 3.95. The molecular formula is C19H22N4O6. The van der Waals surface area contributed by atoms with Gasteiger partial charge in [-0.25, -0.2) is 0 Å². The second-order valence-electron chi connectivity index (χ2n) is 5.87. The van der Waals surface area contributed by atoms with Crippen LogP contribution in [-0.2, 0) is 9.53 Å². The molecule has 0 saturated carbocycles. The van der Waals surface area contributed by atoms with Gasteiger partial charge in [0.2, 0.25) is 0 Å². The first-order valence-corrected chi connectivity index (χ1v) is 8.89. The van der Waals surface area contributed by atoms with Crippen molar-refractivity contribution in [3.63, 3.8) is 0 Å². The fraction of sp³-hybridized carbons (Fsp3) is 0.316. The van der Waals surface area contributed by atoms with Gasteiger partial charge >= 0.3 is 5.97 Å². The van der Waals surface area contributed by atoms with E-state index in [2.05, 4.69) is 10.2 Å². The number of rotatable bonds is 10. The fourth-order valence-corrected chi connectivity index (χ4v) is 2.19. The zero-order valence-corrected chi connectivity index (χ0v) is 16.2. The molecule has 0 aliphatic carbocycles. The van der Waals surface area contributed by atoms with E-state index in [1.165, 1.54) is 31.2 Å². The number of hydrogen-bond acceptors (Lipinski definition) is 9. The summed E-state index contributed by atoms with van der Waals surface area (Å²) in [5.74, 6) is 0.378. The van der Waals surface area contributed by atoms with Gasteiger partial charge in [0.05, 0.1) is 22.9 Å². The first kappa shape index (κ1) is 21.6. The number of azo groups is 1. The minimum Gasteiger partial charge on any atom is -0.491 e. The van der Waals surface area contributed by atoms with Crippen molar-refractivity contribution in [2.24, 2.45) is 10.2 Å². The van der Waals surface area contributed by atoms with Crippen LogP contribution in [0.4, 0.5) is 22.7 Å². The zero-order valence-electron chi connectivity index (χ0n) is 16.2. The molecule has 0 amide bonds. The molecule has 154 valence electrons. The molecule has 2 N–H and O–H groups in total. The third kappa shape index (κ3) is 6.76. The number of benzene rings is 2. The lowest BCUT2D eigenvalue weighted by Crippen LogP contribution is -2.10. The van der Waals surface area contributed by atoms with Gasteiger partial charge in [-0.2, -0.15) is 5.11 Å². The van der Waals surface area contributed by atoms with Gasteiger partial charge in [0.25, 0.3) is 5.69 Å². The topological polar surface area (TPSA) is 139 Å². The van der Waals surface area contributed by atoms with E-state index in [-0.39, 0.29) is 18.9 Å². The SMILES string of the molecule is CCCOc1cc(N)c(OCCOC(C)=O)cc1/N=N/c1ccc([N+](=O)[O-])cc1. The Labute approximate surface area is 167 Å². The minimum atomic E-state index is -0.489. The van der Waals surface area contributed by atoms with Crippen LogP contribution in [0.15, 0.2) is 46.6 Å². The molecule has 10 heteroatoms. The largest absolute Gasteiger partial charge is 0.491 e. The molecule has 0 fully saturated rings. The van der Waals surface area contributed by atoms with E-state index >= 15 is 0 Å². The molecular weight excluding hydrogens is 380 g/mol. The molecule has 29 heavy (non-hydrogen) atoms. The van der Waals surface area contributed by atoms with Crippen molar-refractivity contribution >= 4 is 28.7 Å². The number of non-ortho nitro benzene ring substituents is 1. The molecule has 0 aliphatic rings. The summed E-state index contributed by atoms with van der Waals surface area (Å²) in [6, 6.07) is 8.82. The highest BCUT2D eigenvalue weighted by Crippen LogP contribution is 2.38. The van der Waals surface area contributed by atoms with Crippen LogP contribution in [0.2, 0.25) is 0 Å². The van der Waals surface area contributed by atoms with E-state index in [4.69, 9.17) is 19.9 Å². The van der Waals surface area contributed by atoms with Crippen molar-refractivity contribution < 1.29 is 23.9 Å². The van der Waals surface area contributed by atoms with E-state index in [1.807, 2.05) is 6.92 Å². The number of nitrogen functional groups attached to an aromatic ring is 1. The molecule has 0 saturated heterocycles. The second-order valence-corrected chi connectivity index (χ2v) is 5.87. The lowest BCUT2D eigenvalue weighted by molar-refractivity contribution is -0.384. The van der Waals surface area contributed by atoms with E-state index in [0.717, 1.165) is 6.42 Å². The van der Waals surface area contributed by atoms with E-state index < -0.39 is 10.9 Å². The number of nitro benzene ring substituents is 1. The Morgan fingerprint density at radius 1 is 1.07 bits per heavy atom. The third-order valence-electron chi connectivity index (χ3n) is 3.53. The standard InChI is InChI=1S/C19H22N4O6/c1-3-8-28-19-11-16(20)18(29-10-9-27-13(2)24)12-17(19)22-21-14-4-6-15(7-5-14)23(25)26/h4-7,11-12H,3,8-10,20H2,1-2H3/b22-21+. The number of anilines is 1.